The standard InChI is InChI=1S/C20H23N3O2S/c1-26-18-9-7-16(8-10-18)15-19(24)22-11-13-23(14-12-22)20(25)21-17-5-3-2-4-6-17/h2-10H,11-15H2,1H3,(H,21,25). The van der Waals surface area contributed by atoms with Crippen LogP contribution in [0, 0.1) is 0 Å². The van der Waals surface area contributed by atoms with Crippen molar-refractivity contribution >= 4 is 29.4 Å². The summed E-state index contributed by atoms with van der Waals surface area (Å²) in [5, 5.41) is 2.89. The fraction of sp³-hybridized carbons (Fsp3) is 0.300. The van der Waals surface area contributed by atoms with E-state index < -0.39 is 0 Å². The van der Waals surface area contributed by atoms with Crippen molar-refractivity contribution in [2.45, 2.75) is 11.3 Å². The van der Waals surface area contributed by atoms with Crippen LogP contribution in [-0.4, -0.2) is 54.2 Å². The van der Waals surface area contributed by atoms with Crippen LogP contribution in [0.25, 0.3) is 0 Å². The Morgan fingerprint density at radius 2 is 1.54 bits per heavy atom. The molecule has 0 saturated carbocycles. The number of amides is 3. The molecule has 1 aliphatic rings. The number of urea groups is 1. The molecule has 0 unspecified atom stereocenters. The lowest BCUT2D eigenvalue weighted by molar-refractivity contribution is -0.131. The molecule has 1 heterocycles. The SMILES string of the molecule is CSc1ccc(CC(=O)N2CCN(C(=O)Nc3ccccc3)CC2)cc1. The van der Waals surface area contributed by atoms with Crippen molar-refractivity contribution in [3.8, 4) is 0 Å². The van der Waals surface area contributed by atoms with Gasteiger partial charge in [-0.15, -0.1) is 11.8 Å². The van der Waals surface area contributed by atoms with Gasteiger partial charge in [0.2, 0.25) is 5.91 Å². The second kappa shape index (κ2) is 8.76. The number of para-hydroxylation sites is 1. The van der Waals surface area contributed by atoms with E-state index in [1.165, 1.54) is 4.90 Å². The molecule has 6 heteroatoms. The van der Waals surface area contributed by atoms with E-state index in [0.29, 0.717) is 32.6 Å². The molecule has 2 aromatic carbocycles. The van der Waals surface area contributed by atoms with Crippen molar-refractivity contribution in [2.24, 2.45) is 0 Å². The van der Waals surface area contributed by atoms with Gasteiger partial charge in [-0.1, -0.05) is 30.3 Å². The molecule has 2 aromatic rings. The highest BCUT2D eigenvalue weighted by molar-refractivity contribution is 7.98. The van der Waals surface area contributed by atoms with E-state index in [2.05, 4.69) is 5.32 Å². The Morgan fingerprint density at radius 3 is 2.15 bits per heavy atom. The van der Waals surface area contributed by atoms with Crippen LogP contribution in [0.2, 0.25) is 0 Å². The lowest BCUT2D eigenvalue weighted by Gasteiger charge is -2.34. The molecule has 0 aromatic heterocycles. The van der Waals surface area contributed by atoms with Crippen LogP contribution in [0.5, 0.6) is 0 Å². The number of nitrogens with one attached hydrogen (secondary N) is 1. The first-order valence-electron chi connectivity index (χ1n) is 8.67. The van der Waals surface area contributed by atoms with E-state index in [4.69, 9.17) is 0 Å². The predicted octanol–water partition coefficient (Wildman–Crippen LogP) is 3.33. The summed E-state index contributed by atoms with van der Waals surface area (Å²) in [6.07, 6.45) is 2.44. The van der Waals surface area contributed by atoms with Crippen molar-refractivity contribution in [2.75, 3.05) is 37.8 Å². The number of thioether (sulfide) groups is 1. The molecule has 1 aliphatic heterocycles. The summed E-state index contributed by atoms with van der Waals surface area (Å²) in [6.45, 7) is 2.25. The first-order valence-corrected chi connectivity index (χ1v) is 9.90. The van der Waals surface area contributed by atoms with Crippen LogP contribution in [-0.2, 0) is 11.2 Å². The van der Waals surface area contributed by atoms with Gasteiger partial charge in [0, 0.05) is 36.8 Å². The van der Waals surface area contributed by atoms with E-state index in [-0.39, 0.29) is 11.9 Å². The number of rotatable bonds is 4. The topological polar surface area (TPSA) is 52.7 Å². The quantitative estimate of drug-likeness (QED) is 0.841. The number of carbonyl (C=O) groups excluding carboxylic acids is 2. The minimum atomic E-state index is -0.115. The molecule has 0 radical (unpaired) electrons. The Kier molecular flexibility index (Phi) is 6.17. The monoisotopic (exact) mass is 369 g/mol. The third-order valence-electron chi connectivity index (χ3n) is 4.46. The van der Waals surface area contributed by atoms with Crippen LogP contribution >= 0.6 is 11.8 Å². The third kappa shape index (κ3) is 4.79. The Labute approximate surface area is 158 Å². The fourth-order valence-corrected chi connectivity index (χ4v) is 3.32. The number of piperazine rings is 1. The van der Waals surface area contributed by atoms with Crippen LogP contribution in [0.3, 0.4) is 0 Å². The van der Waals surface area contributed by atoms with Gasteiger partial charge in [-0.05, 0) is 36.1 Å². The predicted molar refractivity (Wildman–Crippen MR) is 106 cm³/mol. The van der Waals surface area contributed by atoms with Gasteiger partial charge in [0.25, 0.3) is 0 Å². The first-order chi connectivity index (χ1) is 12.7. The number of hydrogen-bond acceptors (Lipinski definition) is 3. The second-order valence-electron chi connectivity index (χ2n) is 6.19. The Morgan fingerprint density at radius 1 is 0.923 bits per heavy atom. The van der Waals surface area contributed by atoms with Crippen LogP contribution in [0.15, 0.2) is 59.5 Å². The summed E-state index contributed by atoms with van der Waals surface area (Å²) in [5.74, 6) is 0.116. The molecule has 1 N–H and O–H groups in total. The molecular formula is C20H23N3O2S. The van der Waals surface area contributed by atoms with Crippen molar-refractivity contribution in [3.63, 3.8) is 0 Å². The van der Waals surface area contributed by atoms with E-state index in [1.54, 1.807) is 16.7 Å². The highest BCUT2D eigenvalue weighted by Crippen LogP contribution is 2.16. The first kappa shape index (κ1) is 18.3. The number of anilines is 1. The van der Waals surface area contributed by atoms with E-state index in [1.807, 2.05) is 65.8 Å². The summed E-state index contributed by atoms with van der Waals surface area (Å²) < 4.78 is 0. The highest BCUT2D eigenvalue weighted by atomic mass is 32.2. The Hall–Kier alpha value is -2.47. The molecule has 0 atom stereocenters. The number of benzene rings is 2. The van der Waals surface area contributed by atoms with E-state index >= 15 is 0 Å². The van der Waals surface area contributed by atoms with Gasteiger partial charge in [-0.25, -0.2) is 4.79 Å². The molecule has 0 bridgehead atoms. The smallest absolute Gasteiger partial charge is 0.321 e. The summed E-state index contributed by atoms with van der Waals surface area (Å²) in [4.78, 5) is 29.6. The van der Waals surface area contributed by atoms with Gasteiger partial charge in [0.1, 0.15) is 0 Å². The van der Waals surface area contributed by atoms with Crippen molar-refractivity contribution in [1.82, 2.24) is 9.80 Å². The molecule has 136 valence electrons. The molecule has 5 nitrogen and oxygen atoms in total. The molecule has 26 heavy (non-hydrogen) atoms. The summed E-state index contributed by atoms with van der Waals surface area (Å²) in [6, 6.07) is 17.4. The number of carbonyl (C=O) groups is 2. The molecule has 1 fully saturated rings. The second-order valence-corrected chi connectivity index (χ2v) is 7.07. The minimum Gasteiger partial charge on any atom is -0.339 e. The number of nitrogens with zero attached hydrogens (tertiary/aromatic N) is 2. The zero-order valence-corrected chi connectivity index (χ0v) is 15.7. The van der Waals surface area contributed by atoms with Crippen molar-refractivity contribution in [3.05, 3.63) is 60.2 Å². The van der Waals surface area contributed by atoms with Crippen LogP contribution < -0.4 is 5.32 Å². The molecule has 3 amide bonds. The van der Waals surface area contributed by atoms with Gasteiger partial charge in [-0.3, -0.25) is 4.79 Å². The van der Waals surface area contributed by atoms with Gasteiger partial charge in [0.05, 0.1) is 6.42 Å². The van der Waals surface area contributed by atoms with Crippen molar-refractivity contribution in [1.29, 1.82) is 0 Å². The lowest BCUT2D eigenvalue weighted by atomic mass is 10.1. The van der Waals surface area contributed by atoms with Gasteiger partial charge < -0.3 is 15.1 Å². The lowest BCUT2D eigenvalue weighted by Crippen LogP contribution is -2.52. The van der Waals surface area contributed by atoms with E-state index in [9.17, 15) is 9.59 Å². The van der Waals surface area contributed by atoms with Gasteiger partial charge in [0.15, 0.2) is 0 Å². The minimum absolute atomic E-state index is 0.115. The van der Waals surface area contributed by atoms with E-state index in [0.717, 1.165) is 11.3 Å². The van der Waals surface area contributed by atoms with Gasteiger partial charge in [-0.2, -0.15) is 0 Å². The third-order valence-corrected chi connectivity index (χ3v) is 5.20. The normalized spacial score (nSPS) is 14.2. The Bertz CT molecular complexity index is 741. The maximum Gasteiger partial charge on any atom is 0.321 e. The molecular weight excluding hydrogens is 346 g/mol. The summed E-state index contributed by atoms with van der Waals surface area (Å²) in [5.41, 5.74) is 1.81. The largest absolute Gasteiger partial charge is 0.339 e. The van der Waals surface area contributed by atoms with Crippen molar-refractivity contribution < 1.29 is 9.59 Å². The molecule has 0 aliphatic carbocycles. The zero-order valence-electron chi connectivity index (χ0n) is 14.9. The molecule has 3 rings (SSSR count). The molecule has 0 spiro atoms. The zero-order chi connectivity index (χ0) is 18.4. The summed E-state index contributed by atoms with van der Waals surface area (Å²) >= 11 is 1.69. The van der Waals surface area contributed by atoms with Crippen LogP contribution in [0.1, 0.15) is 5.56 Å². The van der Waals surface area contributed by atoms with Gasteiger partial charge >= 0.3 is 6.03 Å². The maximum absolute atomic E-state index is 12.5. The fourth-order valence-electron chi connectivity index (χ4n) is 2.91. The van der Waals surface area contributed by atoms with Crippen LogP contribution in [0.4, 0.5) is 10.5 Å². The Balaban J connectivity index is 1.48. The maximum atomic E-state index is 12.5. The average molecular weight is 369 g/mol. The summed E-state index contributed by atoms with van der Waals surface area (Å²) in [7, 11) is 0. The molecule has 1 saturated heterocycles. The number of hydrogen-bond donors (Lipinski definition) is 1. The highest BCUT2D eigenvalue weighted by Gasteiger charge is 2.24. The average Bonchev–Trinajstić information content (AvgIpc) is 2.69.